The van der Waals surface area contributed by atoms with Crippen LogP contribution in [0.2, 0.25) is 0 Å². The third kappa shape index (κ3) is 5.72. The lowest BCUT2D eigenvalue weighted by Crippen LogP contribution is -2.36. The first kappa shape index (κ1) is 21.2. The van der Waals surface area contributed by atoms with Gasteiger partial charge in [-0.3, -0.25) is 14.9 Å². The topological polar surface area (TPSA) is 96.5 Å². The van der Waals surface area contributed by atoms with Gasteiger partial charge in [0.2, 0.25) is 5.91 Å². The molecule has 0 saturated carbocycles. The summed E-state index contributed by atoms with van der Waals surface area (Å²) in [7, 11) is 0. The van der Waals surface area contributed by atoms with Gasteiger partial charge in [0.15, 0.2) is 0 Å². The zero-order chi connectivity index (χ0) is 21.7. The standard InChI is InChI=1S/C20H18F3N3O4/c21-20(22,23)13-3-7-15(8-4-13)30-14-5-1-12(2-6-14)9-10-24-17(27)11-16-18(28)26-19(29)25-16/h1-8,16H,9-11H2,(H,24,27)(H2,25,26,28,29). The van der Waals surface area contributed by atoms with Gasteiger partial charge in [0, 0.05) is 6.54 Å². The number of hydrogen-bond donors (Lipinski definition) is 3. The van der Waals surface area contributed by atoms with Crippen LogP contribution in [0.3, 0.4) is 0 Å². The average molecular weight is 421 g/mol. The molecule has 7 nitrogen and oxygen atoms in total. The molecule has 0 radical (unpaired) electrons. The van der Waals surface area contributed by atoms with Crippen LogP contribution >= 0.6 is 0 Å². The summed E-state index contributed by atoms with van der Waals surface area (Å²) in [4.78, 5) is 34.3. The van der Waals surface area contributed by atoms with Crippen molar-refractivity contribution < 1.29 is 32.3 Å². The first-order valence-electron chi connectivity index (χ1n) is 9.03. The van der Waals surface area contributed by atoms with E-state index in [0.29, 0.717) is 18.7 Å². The minimum atomic E-state index is -4.40. The summed E-state index contributed by atoms with van der Waals surface area (Å²) in [6, 6.07) is 9.82. The SMILES string of the molecule is O=C(CC1NC(=O)NC1=O)NCCc1ccc(Oc2ccc(C(F)(F)F)cc2)cc1. The molecular formula is C20H18F3N3O4. The Bertz CT molecular complexity index is 928. The summed E-state index contributed by atoms with van der Waals surface area (Å²) in [6.07, 6.45) is -4.01. The number of amides is 4. The fourth-order valence-electron chi connectivity index (χ4n) is 2.78. The van der Waals surface area contributed by atoms with Crippen LogP contribution < -0.4 is 20.7 Å². The first-order chi connectivity index (χ1) is 14.2. The van der Waals surface area contributed by atoms with Gasteiger partial charge in [0.05, 0.1) is 12.0 Å². The van der Waals surface area contributed by atoms with Gasteiger partial charge < -0.3 is 15.4 Å². The van der Waals surface area contributed by atoms with Crippen molar-refractivity contribution in [2.45, 2.75) is 25.1 Å². The molecule has 0 bridgehead atoms. The molecule has 1 fully saturated rings. The highest BCUT2D eigenvalue weighted by Crippen LogP contribution is 2.31. The second-order valence-electron chi connectivity index (χ2n) is 6.59. The minimum Gasteiger partial charge on any atom is -0.457 e. The second-order valence-corrected chi connectivity index (χ2v) is 6.59. The van der Waals surface area contributed by atoms with Gasteiger partial charge in [-0.1, -0.05) is 12.1 Å². The zero-order valence-corrected chi connectivity index (χ0v) is 15.6. The number of halogens is 3. The molecule has 3 N–H and O–H groups in total. The lowest BCUT2D eigenvalue weighted by atomic mass is 10.1. The normalized spacial score (nSPS) is 16.0. The van der Waals surface area contributed by atoms with Crippen molar-refractivity contribution in [2.24, 2.45) is 0 Å². The highest BCUT2D eigenvalue weighted by Gasteiger charge is 2.31. The maximum atomic E-state index is 12.6. The van der Waals surface area contributed by atoms with Crippen molar-refractivity contribution in [3.63, 3.8) is 0 Å². The van der Waals surface area contributed by atoms with E-state index in [1.54, 1.807) is 24.3 Å². The van der Waals surface area contributed by atoms with Crippen molar-refractivity contribution in [2.75, 3.05) is 6.54 Å². The molecule has 30 heavy (non-hydrogen) atoms. The molecule has 4 amide bonds. The Morgan fingerprint density at radius 2 is 1.60 bits per heavy atom. The third-order valence-electron chi connectivity index (χ3n) is 4.32. The molecule has 1 unspecified atom stereocenters. The van der Waals surface area contributed by atoms with Gasteiger partial charge in [-0.25, -0.2) is 4.79 Å². The number of urea groups is 1. The predicted molar refractivity (Wildman–Crippen MR) is 99.8 cm³/mol. The summed E-state index contributed by atoms with van der Waals surface area (Å²) in [5, 5.41) is 7.08. The average Bonchev–Trinajstić information content (AvgIpc) is 2.99. The molecule has 2 aromatic rings. The fraction of sp³-hybridized carbons (Fsp3) is 0.250. The number of imide groups is 1. The summed E-state index contributed by atoms with van der Waals surface area (Å²) in [5.41, 5.74) is 0.158. The van der Waals surface area contributed by atoms with Crippen LogP contribution in [-0.2, 0) is 22.2 Å². The van der Waals surface area contributed by atoms with Gasteiger partial charge in [-0.15, -0.1) is 0 Å². The van der Waals surface area contributed by atoms with E-state index in [-0.39, 0.29) is 18.1 Å². The molecular weight excluding hydrogens is 403 g/mol. The van der Waals surface area contributed by atoms with E-state index < -0.39 is 29.7 Å². The van der Waals surface area contributed by atoms with Gasteiger partial charge in [-0.2, -0.15) is 13.2 Å². The molecule has 10 heteroatoms. The Morgan fingerprint density at radius 1 is 1.00 bits per heavy atom. The van der Waals surface area contributed by atoms with Gasteiger partial charge in [0.1, 0.15) is 17.5 Å². The molecule has 1 aliphatic heterocycles. The molecule has 1 heterocycles. The van der Waals surface area contributed by atoms with Crippen molar-refractivity contribution >= 4 is 17.8 Å². The molecule has 2 aromatic carbocycles. The summed E-state index contributed by atoms with van der Waals surface area (Å²) in [5.74, 6) is -0.144. The number of ether oxygens (including phenoxy) is 1. The van der Waals surface area contributed by atoms with Crippen molar-refractivity contribution in [3.8, 4) is 11.5 Å². The molecule has 0 aliphatic carbocycles. The lowest BCUT2D eigenvalue weighted by Gasteiger charge is -2.10. The highest BCUT2D eigenvalue weighted by atomic mass is 19.4. The van der Waals surface area contributed by atoms with E-state index in [4.69, 9.17) is 4.74 Å². The van der Waals surface area contributed by atoms with Crippen molar-refractivity contribution in [1.82, 2.24) is 16.0 Å². The summed E-state index contributed by atoms with van der Waals surface area (Å²) >= 11 is 0. The van der Waals surface area contributed by atoms with Gasteiger partial charge in [0.25, 0.3) is 5.91 Å². The van der Waals surface area contributed by atoms with E-state index in [1.807, 2.05) is 0 Å². The summed E-state index contributed by atoms with van der Waals surface area (Å²) in [6.45, 7) is 0.334. The van der Waals surface area contributed by atoms with Crippen LogP contribution in [-0.4, -0.2) is 30.4 Å². The first-order valence-corrected chi connectivity index (χ1v) is 9.03. The van der Waals surface area contributed by atoms with E-state index >= 15 is 0 Å². The fourth-order valence-corrected chi connectivity index (χ4v) is 2.78. The van der Waals surface area contributed by atoms with Crippen molar-refractivity contribution in [1.29, 1.82) is 0 Å². The molecule has 0 aromatic heterocycles. The summed E-state index contributed by atoms with van der Waals surface area (Å²) < 4.78 is 43.3. The molecule has 0 spiro atoms. The van der Waals surface area contributed by atoms with Gasteiger partial charge in [-0.05, 0) is 48.4 Å². The van der Waals surface area contributed by atoms with E-state index in [9.17, 15) is 27.6 Å². The van der Waals surface area contributed by atoms with Gasteiger partial charge >= 0.3 is 12.2 Å². The molecule has 1 atom stereocenters. The van der Waals surface area contributed by atoms with Crippen LogP contribution in [0.4, 0.5) is 18.0 Å². The number of rotatable bonds is 7. The maximum Gasteiger partial charge on any atom is 0.416 e. The van der Waals surface area contributed by atoms with E-state index in [2.05, 4.69) is 16.0 Å². The number of carbonyl (C=O) groups excluding carboxylic acids is 3. The smallest absolute Gasteiger partial charge is 0.416 e. The highest BCUT2D eigenvalue weighted by molar-refractivity contribution is 6.05. The van der Waals surface area contributed by atoms with Crippen molar-refractivity contribution in [3.05, 3.63) is 59.7 Å². The molecule has 1 aliphatic rings. The largest absolute Gasteiger partial charge is 0.457 e. The molecule has 1 saturated heterocycles. The Labute approximate surface area is 169 Å². The van der Waals surface area contributed by atoms with E-state index in [1.165, 1.54) is 12.1 Å². The number of benzene rings is 2. The Hall–Kier alpha value is -3.56. The van der Waals surface area contributed by atoms with Crippen LogP contribution in [0.15, 0.2) is 48.5 Å². The third-order valence-corrected chi connectivity index (χ3v) is 4.32. The zero-order valence-electron chi connectivity index (χ0n) is 15.6. The Morgan fingerprint density at radius 3 is 2.13 bits per heavy atom. The predicted octanol–water partition coefficient (Wildman–Crippen LogP) is 2.75. The van der Waals surface area contributed by atoms with E-state index in [0.717, 1.165) is 17.7 Å². The van der Waals surface area contributed by atoms with Crippen LogP contribution in [0.25, 0.3) is 0 Å². The van der Waals surface area contributed by atoms with Crippen LogP contribution in [0.5, 0.6) is 11.5 Å². The number of nitrogens with one attached hydrogen (secondary N) is 3. The molecule has 3 rings (SSSR count). The van der Waals surface area contributed by atoms with Crippen LogP contribution in [0, 0.1) is 0 Å². The molecule has 158 valence electrons. The second kappa shape index (κ2) is 8.85. The van der Waals surface area contributed by atoms with Crippen LogP contribution in [0.1, 0.15) is 17.5 Å². The lowest BCUT2D eigenvalue weighted by molar-refractivity contribution is -0.137. The Kier molecular flexibility index (Phi) is 6.24. The minimum absolute atomic E-state index is 0.141. The maximum absolute atomic E-state index is 12.6. The quantitative estimate of drug-likeness (QED) is 0.599. The number of alkyl halides is 3. The number of hydrogen-bond acceptors (Lipinski definition) is 4. The number of carbonyl (C=O) groups is 3. The monoisotopic (exact) mass is 421 g/mol. The Balaban J connectivity index is 1.44.